The number of rotatable bonds is 3. The number of hydrogen-bond donors (Lipinski definition) is 0. The molecule has 0 aliphatic rings. The maximum absolute atomic E-state index is 12.7. The second kappa shape index (κ2) is 7.28. The highest BCUT2D eigenvalue weighted by Crippen LogP contribution is 2.31. The Balaban J connectivity index is 1.80. The molecule has 0 N–H and O–H groups in total. The summed E-state index contributed by atoms with van der Waals surface area (Å²) in [5, 5.41) is 2.13. The summed E-state index contributed by atoms with van der Waals surface area (Å²) in [7, 11) is 1.59. The number of methoxy groups -OCH3 is 1. The van der Waals surface area contributed by atoms with Crippen molar-refractivity contribution in [3.05, 3.63) is 88.2 Å². The van der Waals surface area contributed by atoms with Gasteiger partial charge in [-0.3, -0.25) is 0 Å². The first kappa shape index (κ1) is 18.3. The molecule has 30 heavy (non-hydrogen) atoms. The predicted octanol–water partition coefficient (Wildman–Crippen LogP) is 5.73. The van der Waals surface area contributed by atoms with E-state index in [2.05, 4.69) is 4.98 Å². The molecule has 0 saturated carbocycles. The molecular formula is C24H15ClN2O3. The van der Waals surface area contributed by atoms with Crippen LogP contribution in [0, 0.1) is 0 Å². The van der Waals surface area contributed by atoms with Crippen LogP contribution in [-0.2, 0) is 0 Å². The minimum absolute atomic E-state index is 0.282. The fraction of sp³-hybridized carbons (Fsp3) is 0.0417. The van der Waals surface area contributed by atoms with Crippen LogP contribution in [0.5, 0.6) is 5.75 Å². The van der Waals surface area contributed by atoms with Gasteiger partial charge >= 0.3 is 5.63 Å². The molecule has 146 valence electrons. The fourth-order valence-corrected chi connectivity index (χ4v) is 3.59. The molecule has 2 heterocycles. The SMILES string of the molecule is COc1ccc2oc(=O)c(-c3nc(-c4ccccc4)c4cc(Cl)ccc4n3)cc2c1. The molecule has 5 nitrogen and oxygen atoms in total. The molecule has 0 bridgehead atoms. The van der Waals surface area contributed by atoms with E-state index in [0.717, 1.165) is 16.3 Å². The van der Waals surface area contributed by atoms with E-state index >= 15 is 0 Å². The lowest BCUT2D eigenvalue weighted by Crippen LogP contribution is -2.06. The average molecular weight is 415 g/mol. The Hall–Kier alpha value is -3.70. The number of hydrogen-bond acceptors (Lipinski definition) is 5. The summed E-state index contributed by atoms with van der Waals surface area (Å²) in [6, 6.07) is 22.1. The van der Waals surface area contributed by atoms with E-state index in [1.54, 1.807) is 37.4 Å². The van der Waals surface area contributed by atoms with Crippen LogP contribution >= 0.6 is 11.6 Å². The third kappa shape index (κ3) is 3.19. The molecule has 3 aromatic carbocycles. The molecule has 0 unspecified atom stereocenters. The summed E-state index contributed by atoms with van der Waals surface area (Å²) in [5.41, 5.74) is 2.54. The summed E-state index contributed by atoms with van der Waals surface area (Å²) in [6.07, 6.45) is 0. The number of ether oxygens (including phenoxy) is 1. The minimum Gasteiger partial charge on any atom is -0.497 e. The highest BCUT2D eigenvalue weighted by molar-refractivity contribution is 6.31. The number of fused-ring (bicyclic) bond motifs is 2. The lowest BCUT2D eigenvalue weighted by atomic mass is 10.1. The molecule has 2 aromatic heterocycles. The minimum atomic E-state index is -0.500. The Morgan fingerprint density at radius 3 is 2.57 bits per heavy atom. The first-order valence-electron chi connectivity index (χ1n) is 9.27. The van der Waals surface area contributed by atoms with E-state index in [0.29, 0.717) is 33.4 Å². The summed E-state index contributed by atoms with van der Waals surface area (Å²) in [5.74, 6) is 0.962. The number of benzene rings is 3. The van der Waals surface area contributed by atoms with Crippen molar-refractivity contribution in [2.75, 3.05) is 7.11 Å². The molecule has 0 atom stereocenters. The van der Waals surface area contributed by atoms with Crippen molar-refractivity contribution in [3.8, 4) is 28.4 Å². The second-order valence-corrected chi connectivity index (χ2v) is 7.21. The van der Waals surface area contributed by atoms with E-state index in [-0.39, 0.29) is 5.56 Å². The molecule has 0 aliphatic carbocycles. The number of halogens is 1. The van der Waals surface area contributed by atoms with Crippen molar-refractivity contribution in [1.29, 1.82) is 0 Å². The zero-order chi connectivity index (χ0) is 20.7. The Kier molecular flexibility index (Phi) is 4.45. The molecule has 0 saturated heterocycles. The van der Waals surface area contributed by atoms with Gasteiger partial charge in [0.15, 0.2) is 5.82 Å². The Morgan fingerprint density at radius 2 is 1.77 bits per heavy atom. The van der Waals surface area contributed by atoms with Crippen LogP contribution in [0.15, 0.2) is 82.0 Å². The van der Waals surface area contributed by atoms with Crippen LogP contribution in [0.4, 0.5) is 0 Å². The van der Waals surface area contributed by atoms with Crippen molar-refractivity contribution in [1.82, 2.24) is 9.97 Å². The largest absolute Gasteiger partial charge is 0.497 e. The Bertz CT molecular complexity index is 1460. The van der Waals surface area contributed by atoms with Gasteiger partial charge in [0.1, 0.15) is 16.9 Å². The van der Waals surface area contributed by atoms with Crippen molar-refractivity contribution in [2.24, 2.45) is 0 Å². The third-order valence-corrected chi connectivity index (χ3v) is 5.12. The van der Waals surface area contributed by atoms with Crippen molar-refractivity contribution in [3.63, 3.8) is 0 Å². The van der Waals surface area contributed by atoms with Gasteiger partial charge < -0.3 is 9.15 Å². The summed E-state index contributed by atoms with van der Waals surface area (Å²) >= 11 is 6.22. The van der Waals surface area contributed by atoms with Crippen molar-refractivity contribution >= 4 is 33.5 Å². The molecule has 0 amide bonds. The molecule has 6 heteroatoms. The summed E-state index contributed by atoms with van der Waals surface area (Å²) in [6.45, 7) is 0. The van der Waals surface area contributed by atoms with Crippen LogP contribution in [0.3, 0.4) is 0 Å². The van der Waals surface area contributed by atoms with E-state index in [9.17, 15) is 4.79 Å². The van der Waals surface area contributed by atoms with Gasteiger partial charge in [0.2, 0.25) is 0 Å². The molecule has 0 fully saturated rings. The summed E-state index contributed by atoms with van der Waals surface area (Å²) < 4.78 is 10.8. The predicted molar refractivity (Wildman–Crippen MR) is 118 cm³/mol. The average Bonchev–Trinajstić information content (AvgIpc) is 2.78. The van der Waals surface area contributed by atoms with Gasteiger partial charge in [-0.05, 0) is 42.5 Å². The van der Waals surface area contributed by atoms with Crippen molar-refractivity contribution < 1.29 is 9.15 Å². The van der Waals surface area contributed by atoms with Crippen LogP contribution in [0.25, 0.3) is 44.5 Å². The van der Waals surface area contributed by atoms with E-state index in [1.807, 2.05) is 42.5 Å². The van der Waals surface area contributed by atoms with Gasteiger partial charge in [0.05, 0.1) is 18.3 Å². The first-order valence-corrected chi connectivity index (χ1v) is 9.65. The lowest BCUT2D eigenvalue weighted by molar-refractivity contribution is 0.415. The normalized spacial score (nSPS) is 11.1. The maximum Gasteiger partial charge on any atom is 0.347 e. The number of nitrogens with zero attached hydrogens (tertiary/aromatic N) is 2. The zero-order valence-electron chi connectivity index (χ0n) is 15.9. The Labute approximate surface area is 176 Å². The molecule has 0 spiro atoms. The molecule has 5 aromatic rings. The molecule has 5 rings (SSSR count). The second-order valence-electron chi connectivity index (χ2n) is 6.77. The molecular weight excluding hydrogens is 400 g/mol. The van der Waals surface area contributed by atoms with Crippen molar-refractivity contribution in [2.45, 2.75) is 0 Å². The van der Waals surface area contributed by atoms with E-state index in [4.69, 9.17) is 25.7 Å². The van der Waals surface area contributed by atoms with Gasteiger partial charge in [-0.1, -0.05) is 41.9 Å². The quantitative estimate of drug-likeness (QED) is 0.352. The van der Waals surface area contributed by atoms with Gasteiger partial charge in [-0.25, -0.2) is 14.8 Å². The fourth-order valence-electron chi connectivity index (χ4n) is 3.42. The van der Waals surface area contributed by atoms with Gasteiger partial charge in [0, 0.05) is 21.4 Å². The molecule has 0 radical (unpaired) electrons. The van der Waals surface area contributed by atoms with Crippen LogP contribution in [0.1, 0.15) is 0 Å². The van der Waals surface area contributed by atoms with Gasteiger partial charge in [-0.15, -0.1) is 0 Å². The van der Waals surface area contributed by atoms with Crippen LogP contribution < -0.4 is 10.4 Å². The van der Waals surface area contributed by atoms with E-state index in [1.165, 1.54) is 0 Å². The van der Waals surface area contributed by atoms with E-state index < -0.39 is 5.63 Å². The smallest absolute Gasteiger partial charge is 0.347 e. The third-order valence-electron chi connectivity index (χ3n) is 4.89. The lowest BCUT2D eigenvalue weighted by Gasteiger charge is -2.10. The monoisotopic (exact) mass is 414 g/mol. The zero-order valence-corrected chi connectivity index (χ0v) is 16.7. The Morgan fingerprint density at radius 1 is 0.933 bits per heavy atom. The van der Waals surface area contributed by atoms with Gasteiger partial charge in [0.25, 0.3) is 0 Å². The molecule has 0 aliphatic heterocycles. The van der Waals surface area contributed by atoms with Gasteiger partial charge in [-0.2, -0.15) is 0 Å². The van der Waals surface area contributed by atoms with Crippen LogP contribution in [0.2, 0.25) is 5.02 Å². The standard InChI is InChI=1S/C24H15ClN2O3/c1-29-17-8-10-21-15(11-17)12-19(24(28)30-21)23-26-20-9-7-16(25)13-18(20)22(27-23)14-5-3-2-4-6-14/h2-13H,1H3. The maximum atomic E-state index is 12.7. The highest BCUT2D eigenvalue weighted by atomic mass is 35.5. The highest BCUT2D eigenvalue weighted by Gasteiger charge is 2.16. The number of aromatic nitrogens is 2. The summed E-state index contributed by atoms with van der Waals surface area (Å²) in [4.78, 5) is 22.1. The topological polar surface area (TPSA) is 65.2 Å². The first-order chi connectivity index (χ1) is 14.6. The van der Waals surface area contributed by atoms with Crippen LogP contribution in [-0.4, -0.2) is 17.1 Å².